The fourth-order valence-electron chi connectivity index (χ4n) is 1.87. The van der Waals surface area contributed by atoms with Gasteiger partial charge < -0.3 is 0 Å². The molecule has 1 unspecified atom stereocenters. The molecule has 3 heteroatoms. The van der Waals surface area contributed by atoms with Crippen molar-refractivity contribution in [3.05, 3.63) is 0 Å². The van der Waals surface area contributed by atoms with Gasteiger partial charge in [-0.25, -0.2) is 0 Å². The number of unbranched alkanes of at least 4 members (excludes halogenated alkanes) is 3. The van der Waals surface area contributed by atoms with Crippen LogP contribution in [0.1, 0.15) is 32.6 Å². The SMILES string of the molecule is CC1CSCCN1CCCCCCS. The maximum atomic E-state index is 4.23. The summed E-state index contributed by atoms with van der Waals surface area (Å²) in [5.41, 5.74) is 0. The number of rotatable bonds is 6. The van der Waals surface area contributed by atoms with Gasteiger partial charge in [-0.1, -0.05) is 12.8 Å². The summed E-state index contributed by atoms with van der Waals surface area (Å²) in [6, 6.07) is 0.804. The molecule has 1 saturated heterocycles. The van der Waals surface area contributed by atoms with E-state index in [9.17, 15) is 0 Å². The summed E-state index contributed by atoms with van der Waals surface area (Å²) in [5, 5.41) is 0. The third kappa shape index (κ3) is 4.94. The van der Waals surface area contributed by atoms with E-state index < -0.39 is 0 Å². The van der Waals surface area contributed by atoms with Crippen LogP contribution >= 0.6 is 24.4 Å². The molecule has 1 heterocycles. The average molecular weight is 233 g/mol. The molecular weight excluding hydrogens is 210 g/mol. The predicted octanol–water partition coefficient (Wildman–Crippen LogP) is 2.91. The maximum Gasteiger partial charge on any atom is 0.0158 e. The molecule has 14 heavy (non-hydrogen) atoms. The highest BCUT2D eigenvalue weighted by Gasteiger charge is 2.17. The molecule has 0 saturated carbocycles. The molecule has 1 fully saturated rings. The van der Waals surface area contributed by atoms with Gasteiger partial charge in [0.25, 0.3) is 0 Å². The maximum absolute atomic E-state index is 4.23. The van der Waals surface area contributed by atoms with Crippen molar-refractivity contribution in [3.8, 4) is 0 Å². The molecule has 0 aromatic heterocycles. The molecule has 0 aliphatic carbocycles. The molecular formula is C11H23NS2. The highest BCUT2D eigenvalue weighted by Crippen LogP contribution is 2.16. The van der Waals surface area contributed by atoms with Crippen LogP contribution < -0.4 is 0 Å². The van der Waals surface area contributed by atoms with Gasteiger partial charge in [0.15, 0.2) is 0 Å². The van der Waals surface area contributed by atoms with Crippen molar-refractivity contribution in [2.75, 3.05) is 30.3 Å². The summed E-state index contributed by atoms with van der Waals surface area (Å²) in [4.78, 5) is 2.65. The van der Waals surface area contributed by atoms with Crippen molar-refractivity contribution < 1.29 is 0 Å². The average Bonchev–Trinajstić information content (AvgIpc) is 2.20. The predicted molar refractivity (Wildman–Crippen MR) is 70.7 cm³/mol. The summed E-state index contributed by atoms with van der Waals surface area (Å²) in [6.45, 7) is 4.98. The smallest absolute Gasteiger partial charge is 0.0158 e. The van der Waals surface area contributed by atoms with Crippen LogP contribution in [-0.4, -0.2) is 41.3 Å². The van der Waals surface area contributed by atoms with Gasteiger partial charge in [0.2, 0.25) is 0 Å². The number of nitrogens with zero attached hydrogens (tertiary/aromatic N) is 1. The standard InChI is InChI=1S/C11H23NS2/c1-11-10-14-9-7-12(11)6-4-2-3-5-8-13/h11,13H,2-10H2,1H3. The molecule has 0 N–H and O–H groups in total. The van der Waals surface area contributed by atoms with Crippen LogP contribution in [-0.2, 0) is 0 Å². The van der Waals surface area contributed by atoms with Crippen LogP contribution in [0.2, 0.25) is 0 Å². The summed E-state index contributed by atoms with van der Waals surface area (Å²) in [7, 11) is 0. The lowest BCUT2D eigenvalue weighted by atomic mass is 10.2. The summed E-state index contributed by atoms with van der Waals surface area (Å²) >= 11 is 6.33. The van der Waals surface area contributed by atoms with Gasteiger partial charge in [-0.2, -0.15) is 24.4 Å². The first-order chi connectivity index (χ1) is 6.84. The topological polar surface area (TPSA) is 3.24 Å². The van der Waals surface area contributed by atoms with Crippen molar-refractivity contribution in [3.63, 3.8) is 0 Å². The fourth-order valence-corrected chi connectivity index (χ4v) is 3.18. The molecule has 0 bridgehead atoms. The van der Waals surface area contributed by atoms with Crippen molar-refractivity contribution in [1.29, 1.82) is 0 Å². The van der Waals surface area contributed by atoms with Gasteiger partial charge in [-0.15, -0.1) is 0 Å². The molecule has 0 aromatic rings. The molecule has 1 rings (SSSR count). The van der Waals surface area contributed by atoms with E-state index in [4.69, 9.17) is 0 Å². The van der Waals surface area contributed by atoms with Crippen LogP contribution in [0.3, 0.4) is 0 Å². The van der Waals surface area contributed by atoms with Gasteiger partial charge in [-0.05, 0) is 32.1 Å². The molecule has 0 spiro atoms. The van der Waals surface area contributed by atoms with Crippen LogP contribution in [0.15, 0.2) is 0 Å². The summed E-state index contributed by atoms with van der Waals surface area (Å²) in [6.07, 6.45) is 5.41. The van der Waals surface area contributed by atoms with E-state index in [1.54, 1.807) is 0 Å². The Morgan fingerprint density at radius 2 is 2.07 bits per heavy atom. The van der Waals surface area contributed by atoms with Gasteiger partial charge in [0.1, 0.15) is 0 Å². The van der Waals surface area contributed by atoms with E-state index in [0.717, 1.165) is 11.8 Å². The van der Waals surface area contributed by atoms with E-state index in [1.807, 2.05) is 0 Å². The van der Waals surface area contributed by atoms with Gasteiger partial charge in [0, 0.05) is 24.1 Å². The number of thiol groups is 1. The molecule has 84 valence electrons. The summed E-state index contributed by atoms with van der Waals surface area (Å²) < 4.78 is 0. The van der Waals surface area contributed by atoms with Gasteiger partial charge in [0.05, 0.1) is 0 Å². The second-order valence-corrected chi connectivity index (χ2v) is 5.69. The van der Waals surface area contributed by atoms with Gasteiger partial charge >= 0.3 is 0 Å². The summed E-state index contributed by atoms with van der Waals surface area (Å²) in [5.74, 6) is 3.72. The van der Waals surface area contributed by atoms with Crippen molar-refractivity contribution in [2.24, 2.45) is 0 Å². The zero-order valence-corrected chi connectivity index (χ0v) is 11.0. The Kier molecular flexibility index (Phi) is 7.17. The van der Waals surface area contributed by atoms with E-state index in [2.05, 4.69) is 36.2 Å². The first-order valence-corrected chi connectivity index (χ1v) is 7.56. The normalized spacial score (nSPS) is 24.0. The zero-order valence-electron chi connectivity index (χ0n) is 9.24. The van der Waals surface area contributed by atoms with Crippen molar-refractivity contribution in [2.45, 2.75) is 38.6 Å². The third-order valence-electron chi connectivity index (χ3n) is 2.86. The quantitative estimate of drug-likeness (QED) is 0.555. The Morgan fingerprint density at radius 1 is 1.29 bits per heavy atom. The van der Waals surface area contributed by atoms with Crippen LogP contribution in [0, 0.1) is 0 Å². The van der Waals surface area contributed by atoms with Crippen molar-refractivity contribution in [1.82, 2.24) is 4.90 Å². The molecule has 1 aliphatic rings. The second-order valence-electron chi connectivity index (χ2n) is 4.10. The lowest BCUT2D eigenvalue weighted by molar-refractivity contribution is 0.227. The minimum Gasteiger partial charge on any atom is -0.299 e. The molecule has 0 radical (unpaired) electrons. The van der Waals surface area contributed by atoms with E-state index >= 15 is 0 Å². The first kappa shape index (κ1) is 12.7. The Morgan fingerprint density at radius 3 is 2.79 bits per heavy atom. The van der Waals surface area contributed by atoms with Gasteiger partial charge in [-0.3, -0.25) is 4.90 Å². The second kappa shape index (κ2) is 7.89. The minimum atomic E-state index is 0.804. The van der Waals surface area contributed by atoms with Crippen LogP contribution in [0.5, 0.6) is 0 Å². The minimum absolute atomic E-state index is 0.804. The van der Waals surface area contributed by atoms with E-state index in [-0.39, 0.29) is 0 Å². The monoisotopic (exact) mass is 233 g/mol. The number of thioether (sulfide) groups is 1. The van der Waals surface area contributed by atoms with E-state index in [1.165, 1.54) is 50.3 Å². The Hall–Kier alpha value is 0.660. The Labute approximate surface area is 98.4 Å². The molecule has 1 aliphatic heterocycles. The molecule has 0 aromatic carbocycles. The fraction of sp³-hybridized carbons (Fsp3) is 1.00. The highest BCUT2D eigenvalue weighted by atomic mass is 32.2. The first-order valence-electron chi connectivity index (χ1n) is 5.77. The molecule has 0 amide bonds. The van der Waals surface area contributed by atoms with Crippen LogP contribution in [0.4, 0.5) is 0 Å². The lowest BCUT2D eigenvalue weighted by Crippen LogP contribution is -2.40. The molecule has 1 atom stereocenters. The van der Waals surface area contributed by atoms with E-state index in [0.29, 0.717) is 0 Å². The Balaban J connectivity index is 1.99. The van der Waals surface area contributed by atoms with Crippen LogP contribution in [0.25, 0.3) is 0 Å². The largest absolute Gasteiger partial charge is 0.299 e. The highest BCUT2D eigenvalue weighted by molar-refractivity contribution is 7.99. The zero-order chi connectivity index (χ0) is 10.2. The van der Waals surface area contributed by atoms with Crippen molar-refractivity contribution >= 4 is 24.4 Å². The molecule has 1 nitrogen and oxygen atoms in total. The third-order valence-corrected chi connectivity index (χ3v) is 4.36. The Bertz CT molecular complexity index is 141. The lowest BCUT2D eigenvalue weighted by Gasteiger charge is -2.32. The number of hydrogen-bond acceptors (Lipinski definition) is 3. The number of hydrogen-bond donors (Lipinski definition) is 1.